The first kappa shape index (κ1) is 16.8. The van der Waals surface area contributed by atoms with Gasteiger partial charge in [-0.25, -0.2) is 4.39 Å². The maximum Gasteiger partial charge on any atom is 0.423 e. The van der Waals surface area contributed by atoms with Crippen molar-refractivity contribution in [2.24, 2.45) is 0 Å². The summed E-state index contributed by atoms with van der Waals surface area (Å²) in [6.45, 7) is -0.615. The summed E-state index contributed by atoms with van der Waals surface area (Å²) in [4.78, 5) is 20.7. The number of amides is 1. The van der Waals surface area contributed by atoms with E-state index >= 15 is 0 Å². The topological polar surface area (TPSA) is 92.5 Å². The molecule has 0 saturated heterocycles. The van der Waals surface area contributed by atoms with Crippen LogP contribution in [-0.2, 0) is 11.0 Å². The fourth-order valence-electron chi connectivity index (χ4n) is 1.33. The summed E-state index contributed by atoms with van der Waals surface area (Å²) in [6, 6.07) is 1.74. The zero-order valence-corrected chi connectivity index (χ0v) is 10.6. The van der Waals surface area contributed by atoms with Crippen molar-refractivity contribution in [2.75, 3.05) is 12.0 Å². The third-order valence-electron chi connectivity index (χ3n) is 2.51. The number of carbonyl (C=O) groups excluding carboxylic acids is 1. The zero-order valence-electron chi connectivity index (χ0n) is 10.6. The minimum Gasteiger partial charge on any atom is -0.378 e. The second kappa shape index (κ2) is 5.64. The van der Waals surface area contributed by atoms with Crippen molar-refractivity contribution < 1.29 is 32.4 Å². The van der Waals surface area contributed by atoms with Crippen molar-refractivity contribution in [3.63, 3.8) is 0 Å². The molecule has 1 aromatic carbocycles. The average molecular weight is 310 g/mol. The van der Waals surface area contributed by atoms with Crippen LogP contribution >= 0.6 is 0 Å². The number of hydrogen-bond donors (Lipinski definition) is 2. The molecule has 0 aliphatic carbocycles. The van der Waals surface area contributed by atoms with Crippen LogP contribution < -0.4 is 5.32 Å². The molecule has 116 valence electrons. The van der Waals surface area contributed by atoms with Crippen LogP contribution in [0.5, 0.6) is 0 Å². The van der Waals surface area contributed by atoms with Crippen molar-refractivity contribution in [1.82, 2.24) is 0 Å². The Morgan fingerprint density at radius 1 is 1.43 bits per heavy atom. The molecule has 1 atom stereocenters. The molecular formula is C11H10F4N2O4. The maximum absolute atomic E-state index is 12.7. The molecule has 0 unspecified atom stereocenters. The molecule has 0 radical (unpaired) electrons. The molecule has 0 fully saturated rings. The first-order valence-electron chi connectivity index (χ1n) is 5.44. The van der Waals surface area contributed by atoms with Crippen LogP contribution in [0.3, 0.4) is 0 Å². The first-order valence-corrected chi connectivity index (χ1v) is 5.44. The van der Waals surface area contributed by atoms with Gasteiger partial charge in [0.15, 0.2) is 5.60 Å². The SMILES string of the molecule is C[C@](O)(CF)C(=O)Nc1ccc([N+](=O)[O-])c(C(F)(F)F)c1. The van der Waals surface area contributed by atoms with E-state index in [9.17, 15) is 37.6 Å². The molecule has 10 heteroatoms. The van der Waals surface area contributed by atoms with E-state index in [2.05, 4.69) is 0 Å². The summed E-state index contributed by atoms with van der Waals surface area (Å²) < 4.78 is 50.5. The summed E-state index contributed by atoms with van der Waals surface area (Å²) in [5.41, 5.74) is -5.62. The Morgan fingerprint density at radius 2 is 2.00 bits per heavy atom. The summed E-state index contributed by atoms with van der Waals surface area (Å²) in [5, 5.41) is 21.7. The molecule has 6 nitrogen and oxygen atoms in total. The number of benzene rings is 1. The van der Waals surface area contributed by atoms with Gasteiger partial charge < -0.3 is 10.4 Å². The second-order valence-electron chi connectivity index (χ2n) is 4.35. The Morgan fingerprint density at radius 3 is 2.43 bits per heavy atom. The van der Waals surface area contributed by atoms with E-state index in [1.54, 1.807) is 0 Å². The molecule has 1 rings (SSSR count). The highest BCUT2D eigenvalue weighted by molar-refractivity contribution is 5.97. The van der Waals surface area contributed by atoms with Gasteiger partial charge in [-0.3, -0.25) is 14.9 Å². The minimum atomic E-state index is -5.01. The number of nitrogens with zero attached hydrogens (tertiary/aromatic N) is 1. The second-order valence-corrected chi connectivity index (χ2v) is 4.35. The zero-order chi connectivity index (χ0) is 16.4. The fourth-order valence-corrected chi connectivity index (χ4v) is 1.33. The predicted octanol–water partition coefficient (Wildman–Crippen LogP) is 2.27. The Bertz CT molecular complexity index is 572. The van der Waals surface area contributed by atoms with Crippen LogP contribution in [0.2, 0.25) is 0 Å². The number of nitro groups is 1. The lowest BCUT2D eigenvalue weighted by atomic mass is 10.1. The van der Waals surface area contributed by atoms with Crippen molar-refractivity contribution in [2.45, 2.75) is 18.7 Å². The van der Waals surface area contributed by atoms with Crippen molar-refractivity contribution in [3.05, 3.63) is 33.9 Å². The van der Waals surface area contributed by atoms with Gasteiger partial charge >= 0.3 is 6.18 Å². The molecule has 0 heterocycles. The summed E-state index contributed by atoms with van der Waals surface area (Å²) in [6.07, 6.45) is -5.01. The number of halogens is 4. The molecule has 21 heavy (non-hydrogen) atoms. The molecule has 0 saturated carbocycles. The normalized spacial score (nSPS) is 14.4. The van der Waals surface area contributed by atoms with E-state index < -0.39 is 46.2 Å². The Kier molecular flexibility index (Phi) is 4.52. The molecule has 0 aliphatic heterocycles. The minimum absolute atomic E-state index is 0.338. The number of rotatable bonds is 4. The van der Waals surface area contributed by atoms with Crippen LogP contribution in [0.1, 0.15) is 12.5 Å². The van der Waals surface area contributed by atoms with E-state index in [0.717, 1.165) is 13.0 Å². The molecule has 1 amide bonds. The number of carbonyl (C=O) groups is 1. The fraction of sp³-hybridized carbons (Fsp3) is 0.364. The highest BCUT2D eigenvalue weighted by atomic mass is 19.4. The Balaban J connectivity index is 3.18. The lowest BCUT2D eigenvalue weighted by Gasteiger charge is -2.18. The average Bonchev–Trinajstić information content (AvgIpc) is 2.37. The van der Waals surface area contributed by atoms with Crippen LogP contribution in [0, 0.1) is 10.1 Å². The number of alkyl halides is 4. The lowest BCUT2D eigenvalue weighted by molar-refractivity contribution is -0.388. The molecule has 0 aliphatic rings. The summed E-state index contributed by atoms with van der Waals surface area (Å²) >= 11 is 0. The van der Waals surface area contributed by atoms with Gasteiger partial charge in [0.2, 0.25) is 0 Å². The number of nitro benzene ring substituents is 1. The van der Waals surface area contributed by atoms with Gasteiger partial charge in [-0.15, -0.1) is 0 Å². The van der Waals surface area contributed by atoms with E-state index in [4.69, 9.17) is 0 Å². The molecule has 0 bridgehead atoms. The number of nitrogens with one attached hydrogen (secondary N) is 1. The smallest absolute Gasteiger partial charge is 0.378 e. The van der Waals surface area contributed by atoms with Crippen LogP contribution in [0.15, 0.2) is 18.2 Å². The standard InChI is InChI=1S/C11H10F4N2O4/c1-10(19,5-12)9(18)16-6-2-3-8(17(20)21)7(4-6)11(13,14)15/h2-4,19H,5H2,1H3,(H,16,18)/t10-/m0/s1. The molecule has 0 spiro atoms. The molecular weight excluding hydrogens is 300 g/mol. The maximum atomic E-state index is 12.7. The highest BCUT2D eigenvalue weighted by Gasteiger charge is 2.39. The van der Waals surface area contributed by atoms with Gasteiger partial charge in [0.25, 0.3) is 11.6 Å². The Labute approximate surface area is 115 Å². The lowest BCUT2D eigenvalue weighted by Crippen LogP contribution is -2.42. The van der Waals surface area contributed by atoms with Crippen LogP contribution in [0.25, 0.3) is 0 Å². The number of anilines is 1. The van der Waals surface area contributed by atoms with E-state index in [1.165, 1.54) is 0 Å². The number of hydrogen-bond acceptors (Lipinski definition) is 4. The van der Waals surface area contributed by atoms with Crippen LogP contribution in [0.4, 0.5) is 28.9 Å². The molecule has 1 aromatic rings. The predicted molar refractivity (Wildman–Crippen MR) is 63.3 cm³/mol. The van der Waals surface area contributed by atoms with Crippen molar-refractivity contribution in [3.8, 4) is 0 Å². The van der Waals surface area contributed by atoms with Crippen LogP contribution in [-0.4, -0.2) is 28.2 Å². The number of aliphatic hydroxyl groups is 1. The molecule has 2 N–H and O–H groups in total. The van der Waals surface area contributed by atoms with Crippen molar-refractivity contribution in [1.29, 1.82) is 0 Å². The Hall–Kier alpha value is -2.23. The first-order chi connectivity index (χ1) is 9.49. The van der Waals surface area contributed by atoms with E-state index in [0.29, 0.717) is 12.1 Å². The van der Waals surface area contributed by atoms with Gasteiger partial charge in [-0.2, -0.15) is 13.2 Å². The quantitative estimate of drug-likeness (QED) is 0.507. The summed E-state index contributed by atoms with van der Waals surface area (Å²) in [5.74, 6) is -1.27. The highest BCUT2D eigenvalue weighted by Crippen LogP contribution is 2.37. The van der Waals surface area contributed by atoms with Gasteiger partial charge in [0, 0.05) is 11.8 Å². The van der Waals surface area contributed by atoms with E-state index in [-0.39, 0.29) is 0 Å². The monoisotopic (exact) mass is 310 g/mol. The van der Waals surface area contributed by atoms with Crippen molar-refractivity contribution >= 4 is 17.3 Å². The largest absolute Gasteiger partial charge is 0.423 e. The summed E-state index contributed by atoms with van der Waals surface area (Å²) in [7, 11) is 0. The van der Waals surface area contributed by atoms with Gasteiger partial charge in [0.1, 0.15) is 12.2 Å². The van der Waals surface area contributed by atoms with E-state index in [1.807, 2.05) is 5.32 Å². The van der Waals surface area contributed by atoms with Gasteiger partial charge in [-0.1, -0.05) is 0 Å². The van der Waals surface area contributed by atoms with Gasteiger partial charge in [-0.05, 0) is 19.1 Å². The van der Waals surface area contributed by atoms with Gasteiger partial charge in [0.05, 0.1) is 4.92 Å². The molecule has 0 aromatic heterocycles. The third kappa shape index (κ3) is 3.88. The third-order valence-corrected chi connectivity index (χ3v) is 2.51.